The molecule has 0 aliphatic carbocycles. The van der Waals surface area contributed by atoms with Gasteiger partial charge in [0.25, 0.3) is 0 Å². The van der Waals surface area contributed by atoms with Crippen molar-refractivity contribution in [2.24, 2.45) is 13.0 Å². The van der Waals surface area contributed by atoms with Crippen LogP contribution in [0.4, 0.5) is 11.5 Å². The van der Waals surface area contributed by atoms with E-state index in [9.17, 15) is 10.1 Å². The van der Waals surface area contributed by atoms with Crippen molar-refractivity contribution in [3.8, 4) is 0 Å². The molecule has 0 radical (unpaired) electrons. The van der Waals surface area contributed by atoms with Gasteiger partial charge in [-0.3, -0.25) is 10.1 Å². The molecule has 0 amide bonds. The third kappa shape index (κ3) is 3.21. The van der Waals surface area contributed by atoms with Crippen LogP contribution in [-0.4, -0.2) is 20.7 Å². The molecule has 1 unspecified atom stereocenters. The van der Waals surface area contributed by atoms with Crippen LogP contribution in [0.25, 0.3) is 0 Å². The molecule has 1 atom stereocenters. The highest BCUT2D eigenvalue weighted by Gasteiger charge is 2.26. The summed E-state index contributed by atoms with van der Waals surface area (Å²) in [7, 11) is 1.73. The van der Waals surface area contributed by atoms with E-state index >= 15 is 0 Å². The molecule has 0 aliphatic rings. The van der Waals surface area contributed by atoms with Crippen LogP contribution in [-0.2, 0) is 13.5 Å². The molecule has 0 bridgehead atoms. The minimum Gasteiger partial charge on any atom is -0.362 e. The Kier molecular flexibility index (Phi) is 4.69. The Hall–Kier alpha value is -1.59. The number of rotatable bonds is 6. The fourth-order valence-electron chi connectivity index (χ4n) is 2.16. The number of anilines is 1. The zero-order chi connectivity index (χ0) is 13.9. The summed E-state index contributed by atoms with van der Waals surface area (Å²) in [4.78, 5) is 10.8. The Balaban J connectivity index is 3.00. The molecular weight excluding hydrogens is 232 g/mol. The summed E-state index contributed by atoms with van der Waals surface area (Å²) in [6.45, 7) is 8.17. The number of hydrogen-bond donors (Lipinski definition) is 1. The Morgan fingerprint density at radius 1 is 1.44 bits per heavy atom. The van der Waals surface area contributed by atoms with Crippen LogP contribution in [0, 0.1) is 16.0 Å². The molecule has 6 nitrogen and oxygen atoms in total. The third-order valence-electron chi connectivity index (χ3n) is 2.82. The number of nitrogens with one attached hydrogen (secondary N) is 1. The maximum absolute atomic E-state index is 11.1. The van der Waals surface area contributed by atoms with E-state index in [2.05, 4.69) is 24.3 Å². The molecule has 0 fully saturated rings. The van der Waals surface area contributed by atoms with Gasteiger partial charge in [0.2, 0.25) is 5.82 Å². The molecule has 0 spiro atoms. The average Bonchev–Trinajstić information content (AvgIpc) is 2.54. The number of hydrogen-bond acceptors (Lipinski definition) is 4. The Morgan fingerprint density at radius 3 is 2.50 bits per heavy atom. The van der Waals surface area contributed by atoms with Crippen molar-refractivity contribution in [1.29, 1.82) is 0 Å². The van der Waals surface area contributed by atoms with Gasteiger partial charge in [-0.15, -0.1) is 0 Å². The highest BCUT2D eigenvalue weighted by Crippen LogP contribution is 2.29. The highest BCUT2D eigenvalue weighted by molar-refractivity contribution is 5.60. The van der Waals surface area contributed by atoms with Crippen molar-refractivity contribution in [3.05, 3.63) is 15.8 Å². The van der Waals surface area contributed by atoms with Crippen LogP contribution < -0.4 is 5.32 Å². The summed E-state index contributed by atoms with van der Waals surface area (Å²) in [5, 5.41) is 18.5. The minimum atomic E-state index is -0.351. The van der Waals surface area contributed by atoms with Gasteiger partial charge in [0.15, 0.2) is 0 Å². The van der Waals surface area contributed by atoms with Crippen molar-refractivity contribution in [2.75, 3.05) is 5.32 Å². The minimum absolute atomic E-state index is 0.107. The summed E-state index contributed by atoms with van der Waals surface area (Å²) >= 11 is 0. The molecule has 1 rings (SSSR count). The van der Waals surface area contributed by atoms with Gasteiger partial charge in [0, 0.05) is 13.1 Å². The molecule has 1 N–H and O–H groups in total. The van der Waals surface area contributed by atoms with E-state index in [1.807, 2.05) is 13.8 Å². The summed E-state index contributed by atoms with van der Waals surface area (Å²) in [5.74, 6) is 1.05. The third-order valence-corrected chi connectivity index (χ3v) is 2.82. The second kappa shape index (κ2) is 5.84. The molecule has 1 heterocycles. The zero-order valence-electron chi connectivity index (χ0n) is 11.7. The van der Waals surface area contributed by atoms with Gasteiger partial charge in [0.1, 0.15) is 5.69 Å². The number of aryl methyl sites for hydroxylation is 2. The first kappa shape index (κ1) is 14.5. The molecule has 102 valence electrons. The Morgan fingerprint density at radius 2 is 2.06 bits per heavy atom. The standard InChI is InChI=1S/C12H22N4O2/c1-6-10-11(16(17)18)12(15(5)14-10)13-9(4)7-8(2)3/h8-9,13H,6-7H2,1-5H3. The van der Waals surface area contributed by atoms with Crippen LogP contribution in [0.5, 0.6) is 0 Å². The highest BCUT2D eigenvalue weighted by atomic mass is 16.6. The van der Waals surface area contributed by atoms with Crippen LogP contribution >= 0.6 is 0 Å². The van der Waals surface area contributed by atoms with Gasteiger partial charge in [-0.25, -0.2) is 4.68 Å². The topological polar surface area (TPSA) is 73.0 Å². The first-order valence-electron chi connectivity index (χ1n) is 6.33. The molecule has 6 heteroatoms. The fourth-order valence-corrected chi connectivity index (χ4v) is 2.16. The SMILES string of the molecule is CCc1nn(C)c(NC(C)CC(C)C)c1[N+](=O)[O-]. The van der Waals surface area contributed by atoms with Crippen LogP contribution in [0.3, 0.4) is 0 Å². The van der Waals surface area contributed by atoms with Crippen molar-refractivity contribution in [1.82, 2.24) is 9.78 Å². The Labute approximate surface area is 108 Å². The van der Waals surface area contributed by atoms with Crippen LogP contribution in [0.2, 0.25) is 0 Å². The van der Waals surface area contributed by atoms with Gasteiger partial charge in [-0.2, -0.15) is 5.10 Å². The van der Waals surface area contributed by atoms with Crippen molar-refractivity contribution >= 4 is 11.5 Å². The molecular formula is C12H22N4O2. The monoisotopic (exact) mass is 254 g/mol. The van der Waals surface area contributed by atoms with E-state index in [0.29, 0.717) is 23.9 Å². The summed E-state index contributed by atoms with van der Waals surface area (Å²) in [5.41, 5.74) is 0.636. The largest absolute Gasteiger partial charge is 0.362 e. The molecule has 0 saturated heterocycles. The molecule has 1 aromatic rings. The average molecular weight is 254 g/mol. The number of nitrogens with zero attached hydrogens (tertiary/aromatic N) is 3. The maximum atomic E-state index is 11.1. The van der Waals surface area contributed by atoms with E-state index in [1.165, 1.54) is 0 Å². The summed E-state index contributed by atoms with van der Waals surface area (Å²) in [6, 6.07) is 0.184. The lowest BCUT2D eigenvalue weighted by molar-refractivity contribution is -0.384. The lowest BCUT2D eigenvalue weighted by Crippen LogP contribution is -2.20. The van der Waals surface area contributed by atoms with Gasteiger partial charge in [-0.1, -0.05) is 20.8 Å². The van der Waals surface area contributed by atoms with Crippen molar-refractivity contribution in [2.45, 2.75) is 46.6 Å². The number of aromatic nitrogens is 2. The van der Waals surface area contributed by atoms with Crippen molar-refractivity contribution < 1.29 is 4.92 Å². The second-order valence-corrected chi connectivity index (χ2v) is 5.05. The van der Waals surface area contributed by atoms with E-state index < -0.39 is 0 Å². The van der Waals surface area contributed by atoms with Gasteiger partial charge < -0.3 is 5.32 Å². The molecule has 0 saturated carbocycles. The van der Waals surface area contributed by atoms with Crippen molar-refractivity contribution in [3.63, 3.8) is 0 Å². The molecule has 18 heavy (non-hydrogen) atoms. The summed E-state index contributed by atoms with van der Waals surface area (Å²) < 4.78 is 1.56. The summed E-state index contributed by atoms with van der Waals surface area (Å²) in [6.07, 6.45) is 1.52. The van der Waals surface area contributed by atoms with E-state index in [-0.39, 0.29) is 16.7 Å². The van der Waals surface area contributed by atoms with Crippen LogP contribution in [0.15, 0.2) is 0 Å². The maximum Gasteiger partial charge on any atom is 0.333 e. The van der Waals surface area contributed by atoms with Crippen LogP contribution in [0.1, 0.15) is 39.8 Å². The fraction of sp³-hybridized carbons (Fsp3) is 0.750. The molecule has 0 aliphatic heterocycles. The number of nitro groups is 1. The lowest BCUT2D eigenvalue weighted by atomic mass is 10.1. The van der Waals surface area contributed by atoms with E-state index in [4.69, 9.17) is 0 Å². The quantitative estimate of drug-likeness (QED) is 0.625. The normalized spacial score (nSPS) is 12.8. The second-order valence-electron chi connectivity index (χ2n) is 5.05. The van der Waals surface area contributed by atoms with E-state index in [1.54, 1.807) is 11.7 Å². The predicted octanol–water partition coefficient (Wildman–Crippen LogP) is 2.74. The predicted molar refractivity (Wildman–Crippen MR) is 71.8 cm³/mol. The van der Waals surface area contributed by atoms with Gasteiger partial charge >= 0.3 is 5.69 Å². The molecule has 0 aromatic carbocycles. The zero-order valence-corrected chi connectivity index (χ0v) is 11.7. The van der Waals surface area contributed by atoms with Gasteiger partial charge in [-0.05, 0) is 25.7 Å². The first-order chi connectivity index (χ1) is 8.36. The Bertz CT molecular complexity index is 426. The van der Waals surface area contributed by atoms with Gasteiger partial charge in [0.05, 0.1) is 4.92 Å². The first-order valence-corrected chi connectivity index (χ1v) is 6.33. The smallest absolute Gasteiger partial charge is 0.333 e. The lowest BCUT2D eigenvalue weighted by Gasteiger charge is -2.16. The van der Waals surface area contributed by atoms with E-state index in [0.717, 1.165) is 6.42 Å². The molecule has 1 aromatic heterocycles.